The summed E-state index contributed by atoms with van der Waals surface area (Å²) >= 11 is 1.67. The monoisotopic (exact) mass is 569 g/mol. The Hall–Kier alpha value is -3.00. The summed E-state index contributed by atoms with van der Waals surface area (Å²) in [5, 5.41) is 10.3. The number of carbonyl (C=O) groups excluding carboxylic acids is 2. The Morgan fingerprint density at radius 1 is 0.825 bits per heavy atom. The van der Waals surface area contributed by atoms with Gasteiger partial charge in [0, 0.05) is 11.8 Å². The number of amides is 3. The number of amidine groups is 1. The molecule has 0 saturated carbocycles. The van der Waals surface area contributed by atoms with E-state index in [2.05, 4.69) is 36.7 Å². The van der Waals surface area contributed by atoms with Crippen LogP contribution in [0.4, 0.5) is 21.0 Å². The van der Waals surface area contributed by atoms with Gasteiger partial charge < -0.3 is 4.74 Å². The third-order valence-corrected chi connectivity index (χ3v) is 7.42. The molecule has 0 aliphatic carbocycles. The number of nitrogens with one attached hydrogen (secondary N) is 3. The summed E-state index contributed by atoms with van der Waals surface area (Å²) in [6.07, 6.45) is 11.1. The van der Waals surface area contributed by atoms with Gasteiger partial charge in [0.05, 0.1) is 18.8 Å². The van der Waals surface area contributed by atoms with E-state index in [1.807, 2.05) is 41.8 Å². The number of urea groups is 1. The standard InChI is InChI=1S/C32H48N4O3S/c1-5-8-10-12-17-23-33-31(40-7-3)36(24-18-13-11-9-6-2)30(37)34-27-22-21-26(4)29(25-27)35-32(38)39-28-19-15-14-16-20-28/h14-16,19-22,25H,5-13,17-18,23-24H2,1-4H3,(H2,34,35,37,38)/p+1. The van der Waals surface area contributed by atoms with Crippen molar-refractivity contribution in [3.8, 4) is 5.75 Å². The topological polar surface area (TPSA) is 82.5 Å². The lowest BCUT2D eigenvalue weighted by atomic mass is 10.1. The van der Waals surface area contributed by atoms with Crippen molar-refractivity contribution in [2.24, 2.45) is 0 Å². The van der Waals surface area contributed by atoms with Gasteiger partial charge in [-0.1, -0.05) is 108 Å². The van der Waals surface area contributed by atoms with E-state index in [0.717, 1.165) is 42.3 Å². The van der Waals surface area contributed by atoms with Crippen LogP contribution in [-0.2, 0) is 0 Å². The molecule has 2 aromatic rings. The summed E-state index contributed by atoms with van der Waals surface area (Å²) in [6, 6.07) is 14.3. The molecule has 220 valence electrons. The van der Waals surface area contributed by atoms with Crippen LogP contribution in [0.3, 0.4) is 0 Å². The second-order valence-electron chi connectivity index (χ2n) is 9.93. The number of para-hydroxylation sites is 1. The van der Waals surface area contributed by atoms with E-state index in [0.29, 0.717) is 23.7 Å². The number of thioether (sulfide) groups is 1. The molecule has 0 radical (unpaired) electrons. The molecule has 3 N–H and O–H groups in total. The zero-order valence-corrected chi connectivity index (χ0v) is 25.7. The minimum atomic E-state index is -0.579. The van der Waals surface area contributed by atoms with Gasteiger partial charge in [-0.3, -0.25) is 10.6 Å². The fraction of sp³-hybridized carbons (Fsp3) is 0.531. The maximum atomic E-state index is 13.6. The first-order chi connectivity index (χ1) is 19.5. The third kappa shape index (κ3) is 12.9. The Kier molecular flexibility index (Phi) is 16.6. The van der Waals surface area contributed by atoms with Crippen molar-refractivity contribution >= 4 is 40.4 Å². The van der Waals surface area contributed by atoms with Crippen molar-refractivity contribution in [1.29, 1.82) is 0 Å². The van der Waals surface area contributed by atoms with E-state index < -0.39 is 6.09 Å². The summed E-state index contributed by atoms with van der Waals surface area (Å²) in [6.45, 7) is 9.95. The summed E-state index contributed by atoms with van der Waals surface area (Å²) in [5.41, 5.74) is 2.07. The predicted molar refractivity (Wildman–Crippen MR) is 170 cm³/mol. The number of aryl methyl sites for hydroxylation is 1. The smallest absolute Gasteiger partial charge is 0.410 e. The van der Waals surface area contributed by atoms with Crippen LogP contribution in [0.1, 0.15) is 90.5 Å². The van der Waals surface area contributed by atoms with Gasteiger partial charge in [-0.05, 0) is 43.5 Å². The summed E-state index contributed by atoms with van der Waals surface area (Å²) in [5.74, 6) is 1.34. The van der Waals surface area contributed by atoms with Crippen molar-refractivity contribution in [3.63, 3.8) is 0 Å². The molecule has 0 spiro atoms. The molecule has 0 aliphatic heterocycles. The minimum absolute atomic E-state index is 0.174. The van der Waals surface area contributed by atoms with Crippen LogP contribution in [-0.4, -0.2) is 40.7 Å². The van der Waals surface area contributed by atoms with E-state index >= 15 is 0 Å². The largest absolute Gasteiger partial charge is 0.441 e. The fourth-order valence-corrected chi connectivity index (χ4v) is 5.02. The number of hydrogen-bond acceptors (Lipinski definition) is 4. The second kappa shape index (κ2) is 20.0. The van der Waals surface area contributed by atoms with Crippen molar-refractivity contribution in [3.05, 3.63) is 54.1 Å². The SMILES string of the molecule is CCCCCCCNC(SCC)=[N+](CCCCCCC)C(=O)Nc1ccc(C)c(NC(=O)Oc2ccccc2)c1. The minimum Gasteiger partial charge on any atom is -0.410 e. The van der Waals surface area contributed by atoms with Crippen LogP contribution >= 0.6 is 11.8 Å². The van der Waals surface area contributed by atoms with Gasteiger partial charge >= 0.3 is 12.1 Å². The van der Waals surface area contributed by atoms with Gasteiger partial charge in [-0.25, -0.2) is 14.9 Å². The molecule has 0 aromatic heterocycles. The molecule has 7 nitrogen and oxygen atoms in total. The maximum absolute atomic E-state index is 13.6. The number of carbonyl (C=O) groups is 2. The normalized spacial score (nSPS) is 11.5. The summed E-state index contributed by atoms with van der Waals surface area (Å²) < 4.78 is 7.22. The fourth-order valence-electron chi connectivity index (χ4n) is 4.21. The van der Waals surface area contributed by atoms with Gasteiger partial charge in [0.1, 0.15) is 11.4 Å². The van der Waals surface area contributed by atoms with Crippen molar-refractivity contribution < 1.29 is 18.9 Å². The predicted octanol–water partition coefficient (Wildman–Crippen LogP) is 8.79. The molecule has 40 heavy (non-hydrogen) atoms. The van der Waals surface area contributed by atoms with E-state index in [-0.39, 0.29) is 6.03 Å². The molecular formula is C32H49N4O3S+. The van der Waals surface area contributed by atoms with Crippen LogP contribution in [0.5, 0.6) is 5.75 Å². The summed E-state index contributed by atoms with van der Waals surface area (Å²) in [7, 11) is 0. The Labute approximate surface area is 245 Å². The molecule has 0 heterocycles. The highest BCUT2D eigenvalue weighted by molar-refractivity contribution is 8.13. The molecular weight excluding hydrogens is 520 g/mol. The van der Waals surface area contributed by atoms with Gasteiger partial charge in [0.15, 0.2) is 0 Å². The molecule has 0 fully saturated rings. The number of nitrogens with zero attached hydrogens (tertiary/aromatic N) is 1. The molecule has 0 unspecified atom stereocenters. The van der Waals surface area contributed by atoms with Gasteiger partial charge in [0.25, 0.3) is 5.17 Å². The average molecular weight is 570 g/mol. The van der Waals surface area contributed by atoms with Crippen LogP contribution < -0.4 is 20.7 Å². The third-order valence-electron chi connectivity index (χ3n) is 6.49. The Bertz CT molecular complexity index is 1060. The van der Waals surface area contributed by atoms with Crippen molar-refractivity contribution in [2.45, 2.75) is 91.9 Å². The highest BCUT2D eigenvalue weighted by Crippen LogP contribution is 2.21. The van der Waals surface area contributed by atoms with E-state index in [4.69, 9.17) is 4.74 Å². The zero-order chi connectivity index (χ0) is 29.0. The van der Waals surface area contributed by atoms with E-state index in [1.54, 1.807) is 30.0 Å². The Balaban J connectivity index is 2.14. The zero-order valence-electron chi connectivity index (χ0n) is 24.9. The lowest BCUT2D eigenvalue weighted by Crippen LogP contribution is -2.38. The number of hydrogen-bond donors (Lipinski definition) is 3. The van der Waals surface area contributed by atoms with Crippen LogP contribution in [0.2, 0.25) is 0 Å². The molecule has 2 rings (SSSR count). The molecule has 0 bridgehead atoms. The second-order valence-corrected chi connectivity index (χ2v) is 11.2. The molecule has 0 atom stereocenters. The van der Waals surface area contributed by atoms with Gasteiger partial charge in [-0.2, -0.15) is 4.58 Å². The van der Waals surface area contributed by atoms with Gasteiger partial charge in [-0.15, -0.1) is 0 Å². The number of rotatable bonds is 16. The molecule has 0 saturated heterocycles. The van der Waals surface area contributed by atoms with Crippen molar-refractivity contribution in [1.82, 2.24) is 5.32 Å². The highest BCUT2D eigenvalue weighted by atomic mass is 32.2. The molecule has 0 aliphatic rings. The van der Waals surface area contributed by atoms with Crippen LogP contribution in [0, 0.1) is 6.92 Å². The number of unbranched alkanes of at least 4 members (excludes halogenated alkanes) is 8. The first-order valence-electron chi connectivity index (χ1n) is 14.9. The molecule has 8 heteroatoms. The number of anilines is 2. The van der Waals surface area contributed by atoms with E-state index in [1.165, 1.54) is 44.9 Å². The van der Waals surface area contributed by atoms with Crippen molar-refractivity contribution in [2.75, 3.05) is 29.5 Å². The Morgan fingerprint density at radius 2 is 1.50 bits per heavy atom. The first-order valence-corrected chi connectivity index (χ1v) is 15.9. The molecule has 3 amide bonds. The van der Waals surface area contributed by atoms with Gasteiger partial charge in [0.2, 0.25) is 0 Å². The lowest BCUT2D eigenvalue weighted by Gasteiger charge is -2.14. The van der Waals surface area contributed by atoms with Crippen LogP contribution in [0.25, 0.3) is 0 Å². The highest BCUT2D eigenvalue weighted by Gasteiger charge is 2.21. The average Bonchev–Trinajstić information content (AvgIpc) is 2.94. The lowest BCUT2D eigenvalue weighted by molar-refractivity contribution is -0.423. The maximum Gasteiger partial charge on any atom is 0.441 e. The van der Waals surface area contributed by atoms with Crippen LogP contribution in [0.15, 0.2) is 48.5 Å². The Morgan fingerprint density at radius 3 is 2.17 bits per heavy atom. The first kappa shape index (κ1) is 33.2. The molecule has 2 aromatic carbocycles. The number of benzene rings is 2. The number of ether oxygens (including phenoxy) is 1. The summed E-state index contributed by atoms with van der Waals surface area (Å²) in [4.78, 5) is 26.1. The quantitative estimate of drug-likeness (QED) is 0.0814. The van der Waals surface area contributed by atoms with E-state index in [9.17, 15) is 9.59 Å².